The first-order valence-electron chi connectivity index (χ1n) is 10.8. The average Bonchev–Trinajstić information content (AvgIpc) is 3.08. The summed E-state index contributed by atoms with van der Waals surface area (Å²) in [5.74, 6) is 2.77. The first kappa shape index (κ1) is 21.2. The fraction of sp³-hybridized carbons (Fsp3) is 0.417. The number of fused-ring (bicyclic) bond motifs is 1. The molecule has 0 spiro atoms. The minimum atomic E-state index is -0.233. The van der Waals surface area contributed by atoms with Crippen molar-refractivity contribution in [3.05, 3.63) is 48.3 Å². The van der Waals surface area contributed by atoms with Crippen molar-refractivity contribution in [3.63, 3.8) is 0 Å². The summed E-state index contributed by atoms with van der Waals surface area (Å²) in [4.78, 5) is 19.7. The topological polar surface area (TPSA) is 68.6 Å². The van der Waals surface area contributed by atoms with E-state index in [1.165, 1.54) is 12.8 Å². The van der Waals surface area contributed by atoms with E-state index < -0.39 is 0 Å². The van der Waals surface area contributed by atoms with Gasteiger partial charge in [-0.15, -0.1) is 0 Å². The van der Waals surface area contributed by atoms with Gasteiger partial charge < -0.3 is 19.4 Å². The second kappa shape index (κ2) is 9.39. The van der Waals surface area contributed by atoms with Crippen molar-refractivity contribution >= 4 is 22.6 Å². The lowest BCUT2D eigenvalue weighted by molar-refractivity contribution is -0.118. The molecule has 1 N–H and O–H groups in total. The van der Waals surface area contributed by atoms with E-state index in [4.69, 9.17) is 14.5 Å². The quantitative estimate of drug-likeness (QED) is 0.627. The SMILES string of the molecule is COc1ccccc1OCC(=O)Nc1ccc2c(c1)nc(CN1CCC(C)CC1)n2C. The molecule has 1 aromatic heterocycles. The van der Waals surface area contributed by atoms with Crippen LogP contribution in [0.5, 0.6) is 11.5 Å². The molecule has 1 amide bonds. The van der Waals surface area contributed by atoms with Crippen LogP contribution in [-0.4, -0.2) is 47.2 Å². The number of rotatable bonds is 7. The molecule has 1 saturated heterocycles. The highest BCUT2D eigenvalue weighted by molar-refractivity contribution is 5.94. The molecular weight excluding hydrogens is 392 g/mol. The van der Waals surface area contributed by atoms with E-state index in [-0.39, 0.29) is 12.5 Å². The third-order valence-electron chi connectivity index (χ3n) is 5.93. The van der Waals surface area contributed by atoms with Gasteiger partial charge in [0, 0.05) is 12.7 Å². The Morgan fingerprint density at radius 3 is 2.65 bits per heavy atom. The molecule has 7 heteroatoms. The molecular formula is C24H30N4O3. The van der Waals surface area contributed by atoms with Crippen LogP contribution in [0.3, 0.4) is 0 Å². The van der Waals surface area contributed by atoms with Crippen molar-refractivity contribution in [1.29, 1.82) is 0 Å². The van der Waals surface area contributed by atoms with E-state index in [9.17, 15) is 4.79 Å². The van der Waals surface area contributed by atoms with Crippen LogP contribution in [-0.2, 0) is 18.4 Å². The van der Waals surface area contributed by atoms with Gasteiger partial charge in [-0.3, -0.25) is 9.69 Å². The maximum Gasteiger partial charge on any atom is 0.262 e. The number of hydrogen-bond donors (Lipinski definition) is 1. The molecule has 0 radical (unpaired) electrons. The molecule has 1 fully saturated rings. The molecule has 0 saturated carbocycles. The van der Waals surface area contributed by atoms with Crippen molar-refractivity contribution in [1.82, 2.24) is 14.5 Å². The summed E-state index contributed by atoms with van der Waals surface area (Å²) in [5.41, 5.74) is 2.65. The molecule has 2 aromatic carbocycles. The summed E-state index contributed by atoms with van der Waals surface area (Å²) >= 11 is 0. The van der Waals surface area contributed by atoms with E-state index in [1.54, 1.807) is 19.2 Å². The van der Waals surface area contributed by atoms with E-state index in [2.05, 4.69) is 28.8 Å². The Labute approximate surface area is 183 Å². The van der Waals surface area contributed by atoms with Gasteiger partial charge in [0.1, 0.15) is 5.82 Å². The predicted octanol–water partition coefficient (Wildman–Crippen LogP) is 3.83. The van der Waals surface area contributed by atoms with E-state index in [0.717, 1.165) is 42.4 Å². The van der Waals surface area contributed by atoms with Crippen LogP contribution >= 0.6 is 0 Å². The summed E-state index contributed by atoms with van der Waals surface area (Å²) in [6.45, 7) is 5.32. The number of aryl methyl sites for hydroxylation is 1. The summed E-state index contributed by atoms with van der Waals surface area (Å²) in [5, 5.41) is 2.89. The summed E-state index contributed by atoms with van der Waals surface area (Å²) < 4.78 is 13.0. The number of ether oxygens (including phenoxy) is 2. The number of hydrogen-bond acceptors (Lipinski definition) is 5. The number of benzene rings is 2. The van der Waals surface area contributed by atoms with Gasteiger partial charge in [-0.2, -0.15) is 0 Å². The Hall–Kier alpha value is -3.06. The molecule has 0 atom stereocenters. The van der Waals surface area contributed by atoms with Crippen LogP contribution in [0.25, 0.3) is 11.0 Å². The van der Waals surface area contributed by atoms with Crippen LogP contribution in [0.4, 0.5) is 5.69 Å². The second-order valence-electron chi connectivity index (χ2n) is 8.24. The van der Waals surface area contributed by atoms with Gasteiger partial charge in [0.25, 0.3) is 5.91 Å². The summed E-state index contributed by atoms with van der Waals surface area (Å²) in [7, 11) is 3.63. The Kier molecular flexibility index (Phi) is 6.42. The van der Waals surface area contributed by atoms with Crippen LogP contribution < -0.4 is 14.8 Å². The first-order valence-corrected chi connectivity index (χ1v) is 10.8. The smallest absolute Gasteiger partial charge is 0.262 e. The normalized spacial score (nSPS) is 15.2. The molecule has 31 heavy (non-hydrogen) atoms. The minimum absolute atomic E-state index is 0.0980. The number of aromatic nitrogens is 2. The lowest BCUT2D eigenvalue weighted by atomic mass is 9.99. The second-order valence-corrected chi connectivity index (χ2v) is 8.24. The Bertz CT molecular complexity index is 1050. The fourth-order valence-corrected chi connectivity index (χ4v) is 3.97. The third-order valence-corrected chi connectivity index (χ3v) is 5.93. The zero-order valence-corrected chi connectivity index (χ0v) is 18.4. The molecule has 1 aliphatic heterocycles. The monoisotopic (exact) mass is 422 g/mol. The van der Waals surface area contributed by atoms with Gasteiger partial charge in [-0.25, -0.2) is 4.98 Å². The average molecular weight is 423 g/mol. The molecule has 1 aliphatic rings. The fourth-order valence-electron chi connectivity index (χ4n) is 3.97. The van der Waals surface area contributed by atoms with Crippen LogP contribution in [0, 0.1) is 5.92 Å². The number of carbonyl (C=O) groups excluding carboxylic acids is 1. The zero-order valence-electron chi connectivity index (χ0n) is 18.4. The first-order chi connectivity index (χ1) is 15.0. The number of likely N-dealkylation sites (tertiary alicyclic amines) is 1. The molecule has 3 aromatic rings. The predicted molar refractivity (Wildman–Crippen MR) is 122 cm³/mol. The summed E-state index contributed by atoms with van der Waals surface area (Å²) in [6, 6.07) is 13.1. The van der Waals surface area contributed by atoms with Gasteiger partial charge in [0.15, 0.2) is 18.1 Å². The highest BCUT2D eigenvalue weighted by Gasteiger charge is 2.18. The van der Waals surface area contributed by atoms with Gasteiger partial charge in [0.05, 0.1) is 24.7 Å². The maximum absolute atomic E-state index is 12.4. The number of anilines is 1. The Balaban J connectivity index is 1.40. The van der Waals surface area contributed by atoms with Crippen molar-refractivity contribution in [2.75, 3.05) is 32.1 Å². The summed E-state index contributed by atoms with van der Waals surface area (Å²) in [6.07, 6.45) is 2.49. The molecule has 0 unspecified atom stereocenters. The highest BCUT2D eigenvalue weighted by atomic mass is 16.5. The van der Waals surface area contributed by atoms with Crippen molar-refractivity contribution < 1.29 is 14.3 Å². The Morgan fingerprint density at radius 1 is 1.16 bits per heavy atom. The van der Waals surface area contributed by atoms with Crippen LogP contribution in [0.2, 0.25) is 0 Å². The molecule has 0 bridgehead atoms. The number of imidazole rings is 1. The molecule has 4 rings (SSSR count). The highest BCUT2D eigenvalue weighted by Crippen LogP contribution is 2.26. The lowest BCUT2D eigenvalue weighted by Gasteiger charge is -2.29. The lowest BCUT2D eigenvalue weighted by Crippen LogP contribution is -2.33. The number of piperidine rings is 1. The van der Waals surface area contributed by atoms with Gasteiger partial charge in [-0.1, -0.05) is 19.1 Å². The van der Waals surface area contributed by atoms with Crippen LogP contribution in [0.15, 0.2) is 42.5 Å². The minimum Gasteiger partial charge on any atom is -0.493 e. The molecule has 2 heterocycles. The number of nitrogens with zero attached hydrogens (tertiary/aromatic N) is 3. The maximum atomic E-state index is 12.4. The molecule has 7 nitrogen and oxygen atoms in total. The van der Waals surface area contributed by atoms with Crippen molar-refractivity contribution in [2.24, 2.45) is 13.0 Å². The number of amides is 1. The number of methoxy groups -OCH3 is 1. The van der Waals surface area contributed by atoms with E-state index in [1.807, 2.05) is 30.3 Å². The van der Waals surface area contributed by atoms with Gasteiger partial charge in [-0.05, 0) is 62.2 Å². The van der Waals surface area contributed by atoms with Crippen molar-refractivity contribution in [2.45, 2.75) is 26.3 Å². The van der Waals surface area contributed by atoms with Crippen LogP contribution in [0.1, 0.15) is 25.6 Å². The largest absolute Gasteiger partial charge is 0.493 e. The van der Waals surface area contributed by atoms with Crippen molar-refractivity contribution in [3.8, 4) is 11.5 Å². The number of nitrogens with one attached hydrogen (secondary N) is 1. The number of carbonyl (C=O) groups is 1. The standard InChI is InChI=1S/C24H30N4O3/c1-17-10-12-28(13-11-17)15-23-26-19-14-18(8-9-20(19)27(23)2)25-24(29)16-31-22-7-5-4-6-21(22)30-3/h4-9,14,17H,10-13,15-16H2,1-3H3,(H,25,29). The van der Waals surface area contributed by atoms with E-state index >= 15 is 0 Å². The van der Waals surface area contributed by atoms with Gasteiger partial charge in [0.2, 0.25) is 0 Å². The van der Waals surface area contributed by atoms with E-state index in [0.29, 0.717) is 17.2 Å². The van der Waals surface area contributed by atoms with Gasteiger partial charge >= 0.3 is 0 Å². The number of para-hydroxylation sites is 2. The Morgan fingerprint density at radius 2 is 1.90 bits per heavy atom. The third kappa shape index (κ3) is 4.99. The molecule has 0 aliphatic carbocycles. The molecule has 164 valence electrons. The zero-order chi connectivity index (χ0) is 21.8.